The zero-order valence-electron chi connectivity index (χ0n) is 13.3. The monoisotopic (exact) mass is 337 g/mol. The number of nitrogens with one attached hydrogen (secondary N) is 1. The van der Waals surface area contributed by atoms with Crippen LogP contribution < -0.4 is 14.8 Å². The molecule has 1 N–H and O–H groups in total. The van der Waals surface area contributed by atoms with Gasteiger partial charge in [-0.1, -0.05) is 11.6 Å². The van der Waals surface area contributed by atoms with Crippen molar-refractivity contribution in [1.29, 1.82) is 0 Å². The Kier molecular flexibility index (Phi) is 5.11. The fraction of sp³-hybridized carbons (Fsp3) is 0.235. The van der Waals surface area contributed by atoms with Crippen LogP contribution in [-0.4, -0.2) is 20.1 Å². The average molecular weight is 338 g/mol. The Labute approximate surface area is 139 Å². The summed E-state index contributed by atoms with van der Waals surface area (Å²) in [7, 11) is 2.82. The maximum Gasteiger partial charge on any atom is 0.258 e. The molecule has 0 heterocycles. The summed E-state index contributed by atoms with van der Waals surface area (Å²) >= 11 is 5.97. The number of carbonyl (C=O) groups excluding carboxylic acids is 1. The largest absolute Gasteiger partial charge is 0.493 e. The summed E-state index contributed by atoms with van der Waals surface area (Å²) in [5.74, 6) is -0.759. The third kappa shape index (κ3) is 3.56. The lowest BCUT2D eigenvalue weighted by atomic mass is 10.1. The minimum Gasteiger partial charge on any atom is -0.493 e. The van der Waals surface area contributed by atoms with Crippen LogP contribution in [0.25, 0.3) is 0 Å². The Morgan fingerprint density at radius 2 is 1.57 bits per heavy atom. The standard InChI is InChI=1S/C17H17ClFNO3/c1-9-5-11(18)6-10(2)16(9)20-17(21)12-7-14(22-3)15(23-4)8-13(12)19/h5-8H,1-4H3,(H,20,21). The van der Waals surface area contributed by atoms with E-state index in [0.29, 0.717) is 10.7 Å². The van der Waals surface area contributed by atoms with Gasteiger partial charge in [-0.3, -0.25) is 4.79 Å². The minimum absolute atomic E-state index is 0.128. The first-order valence-corrected chi connectivity index (χ1v) is 7.24. The second-order valence-electron chi connectivity index (χ2n) is 5.06. The van der Waals surface area contributed by atoms with E-state index >= 15 is 0 Å². The predicted molar refractivity (Wildman–Crippen MR) is 88.4 cm³/mol. The van der Waals surface area contributed by atoms with Crippen molar-refractivity contribution in [3.8, 4) is 11.5 Å². The topological polar surface area (TPSA) is 47.6 Å². The van der Waals surface area contributed by atoms with Crippen molar-refractivity contribution >= 4 is 23.2 Å². The lowest BCUT2D eigenvalue weighted by molar-refractivity contribution is 0.102. The number of hydrogen-bond acceptors (Lipinski definition) is 3. The van der Waals surface area contributed by atoms with Gasteiger partial charge in [0.25, 0.3) is 5.91 Å². The van der Waals surface area contributed by atoms with Crippen molar-refractivity contribution in [2.45, 2.75) is 13.8 Å². The molecule has 0 fully saturated rings. The molecular weight excluding hydrogens is 321 g/mol. The highest BCUT2D eigenvalue weighted by molar-refractivity contribution is 6.30. The molecule has 0 saturated carbocycles. The van der Waals surface area contributed by atoms with Crippen molar-refractivity contribution in [2.75, 3.05) is 19.5 Å². The van der Waals surface area contributed by atoms with Gasteiger partial charge >= 0.3 is 0 Å². The number of halogens is 2. The van der Waals surface area contributed by atoms with E-state index in [2.05, 4.69) is 5.32 Å². The van der Waals surface area contributed by atoms with Crippen LogP contribution in [0.15, 0.2) is 24.3 Å². The Bertz CT molecular complexity index is 739. The fourth-order valence-electron chi connectivity index (χ4n) is 2.32. The van der Waals surface area contributed by atoms with Crippen LogP contribution in [0.3, 0.4) is 0 Å². The number of ether oxygens (including phenoxy) is 2. The molecule has 0 aliphatic carbocycles. The summed E-state index contributed by atoms with van der Waals surface area (Å²) < 4.78 is 24.3. The maximum atomic E-state index is 14.2. The third-order valence-corrected chi connectivity index (χ3v) is 3.67. The van der Waals surface area contributed by atoms with Gasteiger partial charge in [0.2, 0.25) is 0 Å². The number of hydrogen-bond donors (Lipinski definition) is 1. The van der Waals surface area contributed by atoms with Gasteiger partial charge < -0.3 is 14.8 Å². The van der Waals surface area contributed by atoms with Crippen molar-refractivity contribution in [3.63, 3.8) is 0 Å². The molecule has 0 atom stereocenters. The molecule has 0 bridgehead atoms. The molecule has 0 unspecified atom stereocenters. The van der Waals surface area contributed by atoms with E-state index in [4.69, 9.17) is 21.1 Å². The molecule has 2 aromatic carbocycles. The molecule has 0 aliphatic heterocycles. The lowest BCUT2D eigenvalue weighted by Gasteiger charge is -2.14. The van der Waals surface area contributed by atoms with Crippen molar-refractivity contribution in [1.82, 2.24) is 0 Å². The number of aryl methyl sites for hydroxylation is 2. The fourth-order valence-corrected chi connectivity index (χ4v) is 2.64. The van der Waals surface area contributed by atoms with Gasteiger partial charge in [-0.05, 0) is 43.2 Å². The highest BCUT2D eigenvalue weighted by Gasteiger charge is 2.18. The van der Waals surface area contributed by atoms with Crippen molar-refractivity contribution in [2.24, 2.45) is 0 Å². The van der Waals surface area contributed by atoms with Crippen LogP contribution in [0, 0.1) is 19.7 Å². The number of rotatable bonds is 4. The third-order valence-electron chi connectivity index (χ3n) is 3.45. The SMILES string of the molecule is COc1cc(F)c(C(=O)Nc2c(C)cc(Cl)cc2C)cc1OC. The first-order valence-electron chi connectivity index (χ1n) is 6.87. The molecule has 1 amide bonds. The Morgan fingerprint density at radius 1 is 1.04 bits per heavy atom. The first-order chi connectivity index (χ1) is 10.9. The van der Waals surface area contributed by atoms with Gasteiger partial charge in [-0.15, -0.1) is 0 Å². The van der Waals surface area contributed by atoms with Crippen molar-refractivity contribution < 1.29 is 18.7 Å². The lowest BCUT2D eigenvalue weighted by Crippen LogP contribution is -2.16. The summed E-state index contributed by atoms with van der Waals surface area (Å²) in [6.45, 7) is 3.64. The molecule has 4 nitrogen and oxygen atoms in total. The number of amides is 1. The van der Waals surface area contributed by atoms with Crippen LogP contribution >= 0.6 is 11.6 Å². The molecule has 23 heavy (non-hydrogen) atoms. The second-order valence-corrected chi connectivity index (χ2v) is 5.49. The molecular formula is C17H17ClFNO3. The normalized spacial score (nSPS) is 10.3. The molecule has 0 radical (unpaired) electrons. The van der Waals surface area contributed by atoms with Crippen LogP contribution in [0.5, 0.6) is 11.5 Å². The van der Waals surface area contributed by atoms with Crippen LogP contribution in [0.1, 0.15) is 21.5 Å². The highest BCUT2D eigenvalue weighted by Crippen LogP contribution is 2.31. The van der Waals surface area contributed by atoms with E-state index in [9.17, 15) is 9.18 Å². The van der Waals surface area contributed by atoms with Crippen LogP contribution in [-0.2, 0) is 0 Å². The molecule has 0 spiro atoms. The van der Waals surface area contributed by atoms with Crippen molar-refractivity contribution in [3.05, 3.63) is 51.8 Å². The summed E-state index contributed by atoms with van der Waals surface area (Å²) in [5.41, 5.74) is 2.07. The number of methoxy groups -OCH3 is 2. The smallest absolute Gasteiger partial charge is 0.258 e. The number of carbonyl (C=O) groups is 1. The summed E-state index contributed by atoms with van der Waals surface area (Å²) in [4.78, 5) is 12.4. The molecule has 2 aromatic rings. The zero-order valence-corrected chi connectivity index (χ0v) is 14.0. The number of benzene rings is 2. The number of anilines is 1. The molecule has 122 valence electrons. The molecule has 2 rings (SSSR count). The van der Waals surface area contributed by atoms with E-state index in [1.54, 1.807) is 12.1 Å². The van der Waals surface area contributed by atoms with Gasteiger partial charge in [0.1, 0.15) is 5.82 Å². The second kappa shape index (κ2) is 6.87. The van der Waals surface area contributed by atoms with Gasteiger partial charge in [-0.25, -0.2) is 4.39 Å². The van der Waals surface area contributed by atoms with E-state index in [1.165, 1.54) is 20.3 Å². The highest BCUT2D eigenvalue weighted by atomic mass is 35.5. The Morgan fingerprint density at radius 3 is 2.09 bits per heavy atom. The van der Waals surface area contributed by atoms with E-state index in [1.807, 2.05) is 13.8 Å². The van der Waals surface area contributed by atoms with Gasteiger partial charge in [0.05, 0.1) is 19.8 Å². The Balaban J connectivity index is 2.39. The van der Waals surface area contributed by atoms with E-state index in [-0.39, 0.29) is 17.1 Å². The molecule has 0 aromatic heterocycles. The Hall–Kier alpha value is -2.27. The average Bonchev–Trinajstić information content (AvgIpc) is 2.50. The van der Waals surface area contributed by atoms with Gasteiger partial charge in [0.15, 0.2) is 11.5 Å². The minimum atomic E-state index is -0.690. The quantitative estimate of drug-likeness (QED) is 0.901. The first kappa shape index (κ1) is 17.1. The van der Waals surface area contributed by atoms with E-state index in [0.717, 1.165) is 17.2 Å². The molecule has 0 aliphatic rings. The zero-order chi connectivity index (χ0) is 17.1. The summed E-state index contributed by atoms with van der Waals surface area (Å²) in [6, 6.07) is 5.89. The van der Waals surface area contributed by atoms with Crippen LogP contribution in [0.4, 0.5) is 10.1 Å². The van der Waals surface area contributed by atoms with Gasteiger partial charge in [-0.2, -0.15) is 0 Å². The summed E-state index contributed by atoms with van der Waals surface area (Å²) in [5, 5.41) is 3.30. The van der Waals surface area contributed by atoms with E-state index < -0.39 is 11.7 Å². The predicted octanol–water partition coefficient (Wildman–Crippen LogP) is 4.37. The molecule has 6 heteroatoms. The van der Waals surface area contributed by atoms with Gasteiger partial charge in [0, 0.05) is 16.8 Å². The molecule has 0 saturated heterocycles. The van der Waals surface area contributed by atoms with Crippen LogP contribution in [0.2, 0.25) is 5.02 Å². The summed E-state index contributed by atoms with van der Waals surface area (Å²) in [6.07, 6.45) is 0. The maximum absolute atomic E-state index is 14.2.